The molecule has 0 saturated carbocycles. The van der Waals surface area contributed by atoms with Gasteiger partial charge in [0.15, 0.2) is 0 Å². The van der Waals surface area contributed by atoms with Gasteiger partial charge in [0.2, 0.25) is 10.0 Å². The molecule has 118 valence electrons. The second-order valence-electron chi connectivity index (χ2n) is 5.53. The Morgan fingerprint density at radius 3 is 3.00 bits per heavy atom. The molecule has 1 aliphatic heterocycles. The number of fused-ring (bicyclic) bond motifs is 1. The van der Waals surface area contributed by atoms with Crippen molar-refractivity contribution in [1.29, 1.82) is 0 Å². The van der Waals surface area contributed by atoms with Gasteiger partial charge in [0.1, 0.15) is 10.7 Å². The van der Waals surface area contributed by atoms with Crippen molar-refractivity contribution in [2.24, 2.45) is 0 Å². The lowest BCUT2D eigenvalue weighted by atomic mass is 10.2. The molecule has 3 rings (SSSR count). The lowest BCUT2D eigenvalue weighted by Gasteiger charge is -2.26. The van der Waals surface area contributed by atoms with Crippen molar-refractivity contribution in [3.63, 3.8) is 0 Å². The zero-order valence-electron chi connectivity index (χ0n) is 12.3. The zero-order valence-corrected chi connectivity index (χ0v) is 13.1. The molecule has 0 bridgehead atoms. The normalized spacial score (nSPS) is 20.9. The van der Waals surface area contributed by atoms with Crippen molar-refractivity contribution in [2.75, 3.05) is 19.6 Å². The second-order valence-corrected chi connectivity index (χ2v) is 7.39. The minimum absolute atomic E-state index is 0.208. The summed E-state index contributed by atoms with van der Waals surface area (Å²) in [5, 5.41) is 4.44. The van der Waals surface area contributed by atoms with Gasteiger partial charge in [-0.15, -0.1) is 0 Å². The number of halogens is 1. The molecule has 1 atom stereocenters. The Kier molecular flexibility index (Phi) is 4.12. The van der Waals surface area contributed by atoms with Gasteiger partial charge in [-0.1, -0.05) is 0 Å². The predicted molar refractivity (Wildman–Crippen MR) is 82.5 cm³/mol. The lowest BCUT2D eigenvalue weighted by Crippen LogP contribution is -2.41. The Balaban J connectivity index is 2.09. The number of sulfonamides is 1. The van der Waals surface area contributed by atoms with Gasteiger partial charge in [-0.25, -0.2) is 12.8 Å². The Bertz CT molecular complexity index is 794. The molecular weight excluding hydrogens is 305 g/mol. The van der Waals surface area contributed by atoms with Gasteiger partial charge in [0.25, 0.3) is 0 Å². The van der Waals surface area contributed by atoms with Crippen LogP contribution in [0.3, 0.4) is 0 Å². The maximum absolute atomic E-state index is 14.3. The summed E-state index contributed by atoms with van der Waals surface area (Å²) >= 11 is 0. The molecule has 0 amide bonds. The molecule has 1 saturated heterocycles. The average Bonchev–Trinajstić information content (AvgIpc) is 2.71. The monoisotopic (exact) mass is 323 g/mol. The Labute approximate surface area is 129 Å². The smallest absolute Gasteiger partial charge is 0.246 e. The fraction of sp³-hybridized carbons (Fsp3) is 0.400. The van der Waals surface area contributed by atoms with Crippen LogP contribution in [-0.2, 0) is 10.0 Å². The molecule has 2 heterocycles. The van der Waals surface area contributed by atoms with E-state index in [0.29, 0.717) is 30.3 Å². The van der Waals surface area contributed by atoms with Crippen molar-refractivity contribution < 1.29 is 12.8 Å². The highest BCUT2D eigenvalue weighted by Gasteiger charge is 2.32. The van der Waals surface area contributed by atoms with Crippen LogP contribution < -0.4 is 5.32 Å². The van der Waals surface area contributed by atoms with E-state index in [2.05, 4.69) is 10.3 Å². The van der Waals surface area contributed by atoms with Gasteiger partial charge in [0.05, 0.1) is 0 Å². The highest BCUT2D eigenvalue weighted by Crippen LogP contribution is 2.26. The van der Waals surface area contributed by atoms with E-state index in [0.717, 1.165) is 6.54 Å². The van der Waals surface area contributed by atoms with Crippen LogP contribution in [0, 0.1) is 5.82 Å². The van der Waals surface area contributed by atoms with E-state index in [9.17, 15) is 12.8 Å². The molecule has 1 fully saturated rings. The maximum atomic E-state index is 14.3. The molecule has 1 aliphatic rings. The van der Waals surface area contributed by atoms with Gasteiger partial charge >= 0.3 is 0 Å². The number of hydrogen-bond acceptors (Lipinski definition) is 4. The molecule has 1 aromatic carbocycles. The third-order valence-electron chi connectivity index (χ3n) is 3.94. The number of rotatable bonds is 2. The SMILES string of the molecule is C[C@@H]1CNCCCN1S(=O)(=O)c1cc2ccncc2cc1F. The molecule has 0 radical (unpaired) electrons. The van der Waals surface area contributed by atoms with Crippen LogP contribution >= 0.6 is 0 Å². The topological polar surface area (TPSA) is 62.3 Å². The van der Waals surface area contributed by atoms with Crippen molar-refractivity contribution in [3.05, 3.63) is 36.4 Å². The van der Waals surface area contributed by atoms with Crippen LogP contribution in [0.1, 0.15) is 13.3 Å². The fourth-order valence-corrected chi connectivity index (χ4v) is 4.51. The number of pyridine rings is 1. The molecule has 0 spiro atoms. The standard InChI is InChI=1S/C15H18FN3O2S/c1-11-9-17-4-2-6-19(11)22(20,21)15-8-12-3-5-18-10-13(12)7-14(15)16/h3,5,7-8,10-11,17H,2,4,6,9H2,1H3/t11-/m1/s1. The molecule has 1 N–H and O–H groups in total. The first-order valence-electron chi connectivity index (χ1n) is 7.26. The fourth-order valence-electron chi connectivity index (χ4n) is 2.76. The van der Waals surface area contributed by atoms with Crippen molar-refractivity contribution in [3.8, 4) is 0 Å². The van der Waals surface area contributed by atoms with Crippen LogP contribution in [0.25, 0.3) is 10.8 Å². The predicted octanol–water partition coefficient (Wildman–Crippen LogP) is 1.75. The van der Waals surface area contributed by atoms with Crippen molar-refractivity contribution in [1.82, 2.24) is 14.6 Å². The maximum Gasteiger partial charge on any atom is 0.246 e. The van der Waals surface area contributed by atoms with Crippen molar-refractivity contribution in [2.45, 2.75) is 24.3 Å². The first-order chi connectivity index (χ1) is 10.5. The molecule has 5 nitrogen and oxygen atoms in total. The Morgan fingerprint density at radius 1 is 1.36 bits per heavy atom. The zero-order chi connectivity index (χ0) is 15.7. The van der Waals surface area contributed by atoms with E-state index >= 15 is 0 Å². The minimum atomic E-state index is -3.86. The highest BCUT2D eigenvalue weighted by atomic mass is 32.2. The lowest BCUT2D eigenvalue weighted by molar-refractivity contribution is 0.351. The van der Waals surface area contributed by atoms with Gasteiger partial charge in [-0.2, -0.15) is 4.31 Å². The first-order valence-corrected chi connectivity index (χ1v) is 8.70. The van der Waals surface area contributed by atoms with Gasteiger partial charge in [0, 0.05) is 36.9 Å². The van der Waals surface area contributed by atoms with Crippen LogP contribution in [0.2, 0.25) is 0 Å². The largest absolute Gasteiger partial charge is 0.315 e. The van der Waals surface area contributed by atoms with Crippen LogP contribution in [0.4, 0.5) is 4.39 Å². The molecule has 1 aromatic heterocycles. The molecule has 7 heteroatoms. The summed E-state index contributed by atoms with van der Waals surface area (Å²) in [7, 11) is -3.86. The van der Waals surface area contributed by atoms with E-state index in [-0.39, 0.29) is 10.9 Å². The van der Waals surface area contributed by atoms with E-state index in [1.165, 1.54) is 22.6 Å². The summed E-state index contributed by atoms with van der Waals surface area (Å²) in [6.45, 7) is 3.56. The third kappa shape index (κ3) is 2.71. The van der Waals surface area contributed by atoms with Crippen molar-refractivity contribution >= 4 is 20.8 Å². The Hall–Kier alpha value is -1.57. The van der Waals surface area contributed by atoms with Gasteiger partial charge in [-0.05, 0) is 43.5 Å². The summed E-state index contributed by atoms with van der Waals surface area (Å²) in [5.41, 5.74) is 0. The molecule has 0 unspecified atom stereocenters. The van der Waals surface area contributed by atoms with E-state index < -0.39 is 15.8 Å². The number of benzene rings is 1. The Morgan fingerprint density at radius 2 is 2.18 bits per heavy atom. The second kappa shape index (κ2) is 5.91. The summed E-state index contributed by atoms with van der Waals surface area (Å²) in [6, 6.07) is 4.10. The number of hydrogen-bond donors (Lipinski definition) is 1. The van der Waals surface area contributed by atoms with Gasteiger partial charge in [-0.3, -0.25) is 4.98 Å². The third-order valence-corrected chi connectivity index (χ3v) is 5.97. The molecule has 2 aromatic rings. The highest BCUT2D eigenvalue weighted by molar-refractivity contribution is 7.89. The first kappa shape index (κ1) is 15.3. The number of nitrogens with one attached hydrogen (secondary N) is 1. The molecular formula is C15H18FN3O2S. The van der Waals surface area contributed by atoms with E-state index in [4.69, 9.17) is 0 Å². The van der Waals surface area contributed by atoms with Crippen LogP contribution in [-0.4, -0.2) is 43.4 Å². The molecule has 0 aliphatic carbocycles. The van der Waals surface area contributed by atoms with Crippen LogP contribution in [0.15, 0.2) is 35.5 Å². The van der Waals surface area contributed by atoms with E-state index in [1.54, 1.807) is 12.3 Å². The number of aromatic nitrogens is 1. The quantitative estimate of drug-likeness (QED) is 0.914. The van der Waals surface area contributed by atoms with Crippen LogP contribution in [0.5, 0.6) is 0 Å². The summed E-state index contributed by atoms with van der Waals surface area (Å²) in [5.74, 6) is -0.732. The number of nitrogens with zero attached hydrogens (tertiary/aromatic N) is 2. The minimum Gasteiger partial charge on any atom is -0.315 e. The van der Waals surface area contributed by atoms with Gasteiger partial charge < -0.3 is 5.32 Å². The summed E-state index contributed by atoms with van der Waals surface area (Å²) in [6.07, 6.45) is 3.80. The van der Waals surface area contributed by atoms with E-state index in [1.807, 2.05) is 6.92 Å². The molecule has 22 heavy (non-hydrogen) atoms. The average molecular weight is 323 g/mol. The summed E-state index contributed by atoms with van der Waals surface area (Å²) in [4.78, 5) is 3.66. The summed E-state index contributed by atoms with van der Waals surface area (Å²) < 4.78 is 41.5.